The fourth-order valence-corrected chi connectivity index (χ4v) is 1.05. The van der Waals surface area contributed by atoms with E-state index in [0.717, 1.165) is 12.1 Å². The predicted octanol–water partition coefficient (Wildman–Crippen LogP) is 0.873. The van der Waals surface area contributed by atoms with E-state index in [9.17, 15) is 12.8 Å². The Morgan fingerprint density at radius 2 is 2.09 bits per heavy atom. The van der Waals surface area contributed by atoms with E-state index in [2.05, 4.69) is 0 Å². The fourth-order valence-electron chi connectivity index (χ4n) is 0.571. The van der Waals surface area contributed by atoms with Crippen molar-refractivity contribution in [3.05, 3.63) is 30.1 Å². The molecule has 0 amide bonds. The zero-order valence-electron chi connectivity index (χ0n) is 5.28. The van der Waals surface area contributed by atoms with Gasteiger partial charge in [-0.2, -0.15) is 8.42 Å². The van der Waals surface area contributed by atoms with Crippen LogP contribution < -0.4 is 0 Å². The lowest BCUT2D eigenvalue weighted by Gasteiger charge is -1.93. The summed E-state index contributed by atoms with van der Waals surface area (Å²) < 4.78 is 41.3. The molecule has 0 aromatic heterocycles. The van der Waals surface area contributed by atoms with Crippen LogP contribution in [0.25, 0.3) is 0 Å². The quantitative estimate of drug-likeness (QED) is 0.644. The first kappa shape index (κ1) is 8.16. The summed E-state index contributed by atoms with van der Waals surface area (Å²) in [6.45, 7) is 0. The first-order valence-corrected chi connectivity index (χ1v) is 4.09. The highest BCUT2D eigenvalue weighted by atomic mass is 32.2. The molecule has 0 aliphatic carbocycles. The van der Waals surface area contributed by atoms with Crippen molar-refractivity contribution in [2.24, 2.45) is 0 Å². The van der Waals surface area contributed by atoms with Gasteiger partial charge in [0.1, 0.15) is 10.7 Å². The molecule has 3 nitrogen and oxygen atoms in total. The van der Waals surface area contributed by atoms with E-state index in [0.29, 0.717) is 0 Å². The molecule has 0 spiro atoms. The Labute approximate surface area is 63.2 Å². The van der Waals surface area contributed by atoms with Gasteiger partial charge >= 0.3 is 0 Å². The Morgan fingerprint density at radius 1 is 1.45 bits per heavy atom. The molecule has 0 bridgehead atoms. The van der Waals surface area contributed by atoms with E-state index < -0.39 is 20.8 Å². The Balaban J connectivity index is 3.28. The maximum Gasteiger partial charge on any atom is 0.295 e. The maximum atomic E-state index is 12.3. The van der Waals surface area contributed by atoms with Crippen LogP contribution in [0, 0.1) is 11.9 Å². The van der Waals surface area contributed by atoms with Gasteiger partial charge in [-0.3, -0.25) is 4.55 Å². The summed E-state index contributed by atoms with van der Waals surface area (Å²) >= 11 is 0. The SMILES string of the molecule is O=S(=O)(O)c1[c]c(F)ccc1. The van der Waals surface area contributed by atoms with Crippen LogP contribution in [-0.2, 0) is 10.1 Å². The summed E-state index contributed by atoms with van der Waals surface area (Å²) in [5, 5.41) is 0. The Kier molecular flexibility index (Phi) is 1.92. The summed E-state index contributed by atoms with van der Waals surface area (Å²) in [7, 11) is -4.32. The summed E-state index contributed by atoms with van der Waals surface area (Å²) in [4.78, 5) is -0.558. The van der Waals surface area contributed by atoms with Crippen molar-refractivity contribution in [3.8, 4) is 0 Å². The molecule has 1 radical (unpaired) electrons. The summed E-state index contributed by atoms with van der Waals surface area (Å²) in [6.07, 6.45) is 0. The Morgan fingerprint density at radius 3 is 2.45 bits per heavy atom. The van der Waals surface area contributed by atoms with E-state index in [4.69, 9.17) is 4.55 Å². The molecule has 11 heavy (non-hydrogen) atoms. The lowest BCUT2D eigenvalue weighted by molar-refractivity contribution is 0.481. The normalized spacial score (nSPS) is 11.5. The van der Waals surface area contributed by atoms with E-state index >= 15 is 0 Å². The Hall–Kier alpha value is -0.940. The van der Waals surface area contributed by atoms with Gasteiger partial charge in [0.05, 0.1) is 0 Å². The molecule has 0 heterocycles. The molecule has 1 aromatic rings. The van der Waals surface area contributed by atoms with E-state index in [1.807, 2.05) is 6.07 Å². The average Bonchev–Trinajstić information content (AvgIpc) is 1.86. The van der Waals surface area contributed by atoms with Crippen LogP contribution in [0.4, 0.5) is 4.39 Å². The van der Waals surface area contributed by atoms with Gasteiger partial charge in [-0.15, -0.1) is 0 Å². The lowest BCUT2D eigenvalue weighted by Crippen LogP contribution is -1.98. The number of hydrogen-bond donors (Lipinski definition) is 1. The summed E-state index contributed by atoms with van der Waals surface area (Å²) in [5.74, 6) is -0.819. The minimum Gasteiger partial charge on any atom is -0.282 e. The summed E-state index contributed by atoms with van der Waals surface area (Å²) in [5.41, 5.74) is 0. The number of halogens is 1. The molecule has 1 N–H and O–H groups in total. The molecule has 0 saturated heterocycles. The zero-order chi connectivity index (χ0) is 8.48. The standard InChI is InChI=1S/C6H4FO3S/c7-5-2-1-3-6(4-5)11(8,9)10/h1-3H,(H,8,9,10). The first-order valence-electron chi connectivity index (χ1n) is 2.65. The fraction of sp³-hybridized carbons (Fsp3) is 0. The largest absolute Gasteiger partial charge is 0.295 e. The second-order valence-corrected chi connectivity index (χ2v) is 3.23. The monoisotopic (exact) mass is 175 g/mol. The van der Waals surface area contributed by atoms with Crippen molar-refractivity contribution in [1.82, 2.24) is 0 Å². The van der Waals surface area contributed by atoms with Crippen LogP contribution in [0.5, 0.6) is 0 Å². The van der Waals surface area contributed by atoms with Crippen molar-refractivity contribution in [3.63, 3.8) is 0 Å². The second kappa shape index (κ2) is 2.60. The molecule has 0 unspecified atom stereocenters. The zero-order valence-corrected chi connectivity index (χ0v) is 6.10. The van der Waals surface area contributed by atoms with Crippen molar-refractivity contribution >= 4 is 10.1 Å². The minimum absolute atomic E-state index is 0.558. The predicted molar refractivity (Wildman–Crippen MR) is 35.1 cm³/mol. The third-order valence-corrected chi connectivity index (χ3v) is 1.80. The van der Waals surface area contributed by atoms with Gasteiger partial charge in [0.15, 0.2) is 0 Å². The Bertz CT molecular complexity index is 358. The smallest absolute Gasteiger partial charge is 0.282 e. The molecule has 0 fully saturated rings. The van der Waals surface area contributed by atoms with Crippen LogP contribution in [-0.4, -0.2) is 13.0 Å². The van der Waals surface area contributed by atoms with Crippen molar-refractivity contribution in [2.45, 2.75) is 4.90 Å². The molecule has 1 rings (SSSR count). The first-order chi connectivity index (χ1) is 5.00. The van der Waals surface area contributed by atoms with E-state index in [1.54, 1.807) is 0 Å². The third-order valence-electron chi connectivity index (χ3n) is 1.01. The van der Waals surface area contributed by atoms with Gasteiger partial charge in [-0.25, -0.2) is 4.39 Å². The van der Waals surface area contributed by atoms with E-state index in [1.165, 1.54) is 6.07 Å². The average molecular weight is 175 g/mol. The van der Waals surface area contributed by atoms with Crippen LogP contribution in [0.3, 0.4) is 0 Å². The highest BCUT2D eigenvalue weighted by Crippen LogP contribution is 2.07. The molecule has 1 aromatic carbocycles. The third kappa shape index (κ3) is 1.99. The van der Waals surface area contributed by atoms with Crippen LogP contribution >= 0.6 is 0 Å². The number of hydrogen-bond acceptors (Lipinski definition) is 2. The van der Waals surface area contributed by atoms with Crippen LogP contribution in [0.1, 0.15) is 0 Å². The topological polar surface area (TPSA) is 54.4 Å². The molecule has 0 aliphatic heterocycles. The molecular weight excluding hydrogens is 171 g/mol. The van der Waals surface area contributed by atoms with Gasteiger partial charge in [0.25, 0.3) is 10.1 Å². The molecule has 0 aliphatic rings. The second-order valence-electron chi connectivity index (χ2n) is 1.84. The highest BCUT2D eigenvalue weighted by molar-refractivity contribution is 7.85. The molecule has 59 valence electrons. The molecular formula is C6H4FO3S. The summed E-state index contributed by atoms with van der Waals surface area (Å²) in [6, 6.07) is 5.11. The van der Waals surface area contributed by atoms with Gasteiger partial charge in [-0.05, 0) is 12.1 Å². The van der Waals surface area contributed by atoms with Crippen molar-refractivity contribution in [2.75, 3.05) is 0 Å². The van der Waals surface area contributed by atoms with Gasteiger partial charge in [-0.1, -0.05) is 6.07 Å². The van der Waals surface area contributed by atoms with Gasteiger partial charge in [0.2, 0.25) is 0 Å². The molecule has 5 heteroatoms. The molecule has 0 atom stereocenters. The molecule has 0 saturated carbocycles. The van der Waals surface area contributed by atoms with Crippen LogP contribution in [0.15, 0.2) is 23.1 Å². The van der Waals surface area contributed by atoms with Crippen molar-refractivity contribution < 1.29 is 17.4 Å². The van der Waals surface area contributed by atoms with Gasteiger partial charge < -0.3 is 0 Å². The minimum atomic E-state index is -4.32. The van der Waals surface area contributed by atoms with Crippen LogP contribution in [0.2, 0.25) is 0 Å². The maximum absolute atomic E-state index is 12.3. The van der Waals surface area contributed by atoms with Crippen molar-refractivity contribution in [1.29, 1.82) is 0 Å². The van der Waals surface area contributed by atoms with E-state index in [-0.39, 0.29) is 0 Å². The lowest BCUT2D eigenvalue weighted by atomic mass is 10.4. The number of rotatable bonds is 1. The van der Waals surface area contributed by atoms with Gasteiger partial charge in [0, 0.05) is 6.07 Å². The highest BCUT2D eigenvalue weighted by Gasteiger charge is 2.09. The number of benzene rings is 1.